The molecule has 0 aliphatic carbocycles. The Balaban J connectivity index is 2.45. The molecule has 4 heteroatoms. The largest absolute Gasteiger partial charge is 0.306 e. The highest BCUT2D eigenvalue weighted by Gasteiger charge is 2.03. The standard InChI is InChI=1S/C9H14O2S2/c1-7-6-9(8(2)12-7)4-3-5-13(10)11/h6H,3-5H2,1-2H3,(H,10,11). The summed E-state index contributed by atoms with van der Waals surface area (Å²) in [6, 6.07) is 2.17. The number of rotatable bonds is 4. The van der Waals surface area contributed by atoms with Crippen molar-refractivity contribution in [1.29, 1.82) is 0 Å². The molecule has 1 aromatic rings. The van der Waals surface area contributed by atoms with E-state index in [1.165, 1.54) is 15.3 Å². The maximum absolute atomic E-state index is 10.4. The second kappa shape index (κ2) is 4.88. The molecule has 0 fully saturated rings. The van der Waals surface area contributed by atoms with Crippen LogP contribution in [0.3, 0.4) is 0 Å². The van der Waals surface area contributed by atoms with Gasteiger partial charge in [-0.1, -0.05) is 0 Å². The third kappa shape index (κ3) is 3.58. The van der Waals surface area contributed by atoms with E-state index in [-0.39, 0.29) is 0 Å². The molecule has 0 spiro atoms. The predicted molar refractivity (Wildman–Crippen MR) is 57.8 cm³/mol. The SMILES string of the molecule is Cc1cc(CCCS(=O)O)c(C)s1. The Morgan fingerprint density at radius 1 is 1.54 bits per heavy atom. The van der Waals surface area contributed by atoms with Crippen LogP contribution in [0, 0.1) is 13.8 Å². The molecule has 2 nitrogen and oxygen atoms in total. The summed E-state index contributed by atoms with van der Waals surface area (Å²) in [7, 11) is 0. The van der Waals surface area contributed by atoms with Crippen LogP contribution in [0.15, 0.2) is 6.07 Å². The summed E-state index contributed by atoms with van der Waals surface area (Å²) in [5, 5.41) is 0. The average Bonchev–Trinajstić information content (AvgIpc) is 2.29. The Bertz CT molecular complexity index is 305. The molecule has 0 saturated carbocycles. The summed E-state index contributed by atoms with van der Waals surface area (Å²) in [6.45, 7) is 4.19. The van der Waals surface area contributed by atoms with E-state index in [0.717, 1.165) is 12.8 Å². The van der Waals surface area contributed by atoms with Crippen LogP contribution in [0.4, 0.5) is 0 Å². The first-order valence-corrected chi connectivity index (χ1v) is 6.32. The number of hydrogen-bond donors (Lipinski definition) is 1. The molecule has 0 aliphatic rings. The normalized spacial score (nSPS) is 13.2. The predicted octanol–water partition coefficient (Wildman–Crippen LogP) is 2.52. The van der Waals surface area contributed by atoms with Gasteiger partial charge in [-0.15, -0.1) is 11.3 Å². The Kier molecular flexibility index (Phi) is 4.09. The Morgan fingerprint density at radius 2 is 2.23 bits per heavy atom. The topological polar surface area (TPSA) is 37.3 Å². The summed E-state index contributed by atoms with van der Waals surface area (Å²) >= 11 is 0.154. The van der Waals surface area contributed by atoms with E-state index in [0.29, 0.717) is 5.75 Å². The van der Waals surface area contributed by atoms with Gasteiger partial charge in [-0.3, -0.25) is 0 Å². The van der Waals surface area contributed by atoms with Crippen molar-refractivity contribution < 1.29 is 8.76 Å². The molecule has 1 heterocycles. The fourth-order valence-corrected chi connectivity index (χ4v) is 2.69. The van der Waals surface area contributed by atoms with Gasteiger partial charge < -0.3 is 4.55 Å². The summed E-state index contributed by atoms with van der Waals surface area (Å²) in [5.74, 6) is 0.383. The summed E-state index contributed by atoms with van der Waals surface area (Å²) < 4.78 is 19.0. The molecular weight excluding hydrogens is 204 g/mol. The third-order valence-electron chi connectivity index (χ3n) is 1.91. The van der Waals surface area contributed by atoms with Crippen molar-refractivity contribution >= 4 is 22.4 Å². The molecule has 74 valence electrons. The first kappa shape index (κ1) is 10.9. The zero-order valence-corrected chi connectivity index (χ0v) is 9.50. The van der Waals surface area contributed by atoms with Crippen molar-refractivity contribution in [3.8, 4) is 0 Å². The van der Waals surface area contributed by atoms with Crippen molar-refractivity contribution in [3.05, 3.63) is 21.4 Å². The lowest BCUT2D eigenvalue weighted by Gasteiger charge is -1.97. The fraction of sp³-hybridized carbons (Fsp3) is 0.556. The average molecular weight is 218 g/mol. The second-order valence-corrected chi connectivity index (χ2v) is 5.58. The summed E-state index contributed by atoms with van der Waals surface area (Å²) in [4.78, 5) is 2.65. The number of aryl methyl sites for hydroxylation is 3. The maximum atomic E-state index is 10.4. The van der Waals surface area contributed by atoms with Gasteiger partial charge in [0, 0.05) is 15.5 Å². The first-order chi connectivity index (χ1) is 6.09. The highest BCUT2D eigenvalue weighted by molar-refractivity contribution is 7.79. The van der Waals surface area contributed by atoms with E-state index in [2.05, 4.69) is 19.9 Å². The highest BCUT2D eigenvalue weighted by atomic mass is 32.2. The zero-order valence-electron chi connectivity index (χ0n) is 7.87. The molecule has 1 aromatic heterocycles. The van der Waals surface area contributed by atoms with Gasteiger partial charge in [-0.05, 0) is 38.3 Å². The van der Waals surface area contributed by atoms with Gasteiger partial charge in [0.2, 0.25) is 0 Å². The second-order valence-electron chi connectivity index (χ2n) is 3.07. The van der Waals surface area contributed by atoms with Crippen LogP contribution in [-0.4, -0.2) is 14.5 Å². The molecule has 1 unspecified atom stereocenters. The van der Waals surface area contributed by atoms with Crippen molar-refractivity contribution in [2.75, 3.05) is 5.75 Å². The molecule has 0 aromatic carbocycles. The quantitative estimate of drug-likeness (QED) is 0.788. The van der Waals surface area contributed by atoms with Crippen molar-refractivity contribution in [2.24, 2.45) is 0 Å². The molecule has 0 aliphatic heterocycles. The van der Waals surface area contributed by atoms with Crippen molar-refractivity contribution in [3.63, 3.8) is 0 Å². The minimum absolute atomic E-state index is 0.383. The summed E-state index contributed by atoms with van der Waals surface area (Å²) in [6.07, 6.45) is 1.71. The van der Waals surface area contributed by atoms with Gasteiger partial charge >= 0.3 is 0 Å². The molecule has 0 bridgehead atoms. The molecule has 0 radical (unpaired) electrons. The van der Waals surface area contributed by atoms with Crippen molar-refractivity contribution in [2.45, 2.75) is 26.7 Å². The number of hydrogen-bond acceptors (Lipinski definition) is 2. The lowest BCUT2D eigenvalue weighted by atomic mass is 10.1. The third-order valence-corrected chi connectivity index (χ3v) is 3.55. The lowest BCUT2D eigenvalue weighted by molar-refractivity contribution is 0.561. The molecule has 13 heavy (non-hydrogen) atoms. The molecule has 0 saturated heterocycles. The van der Waals surface area contributed by atoms with E-state index in [1.54, 1.807) is 11.3 Å². The van der Waals surface area contributed by atoms with E-state index in [9.17, 15) is 4.21 Å². The molecule has 1 rings (SSSR count). The minimum atomic E-state index is -1.64. The molecular formula is C9H14O2S2. The highest BCUT2D eigenvalue weighted by Crippen LogP contribution is 2.21. The van der Waals surface area contributed by atoms with Gasteiger partial charge in [0.15, 0.2) is 11.1 Å². The molecule has 0 amide bonds. The number of thiophene rings is 1. The van der Waals surface area contributed by atoms with Crippen molar-refractivity contribution in [1.82, 2.24) is 0 Å². The van der Waals surface area contributed by atoms with E-state index in [4.69, 9.17) is 4.55 Å². The van der Waals surface area contributed by atoms with Crippen LogP contribution in [0.25, 0.3) is 0 Å². The Morgan fingerprint density at radius 3 is 2.69 bits per heavy atom. The van der Waals surface area contributed by atoms with Gasteiger partial charge in [0.05, 0.1) is 0 Å². The van der Waals surface area contributed by atoms with Crippen LogP contribution in [0.2, 0.25) is 0 Å². The molecule has 1 N–H and O–H groups in total. The van der Waals surface area contributed by atoms with E-state index >= 15 is 0 Å². The maximum Gasteiger partial charge on any atom is 0.152 e. The van der Waals surface area contributed by atoms with E-state index < -0.39 is 11.1 Å². The van der Waals surface area contributed by atoms with Gasteiger partial charge in [-0.2, -0.15) is 0 Å². The monoisotopic (exact) mass is 218 g/mol. The smallest absolute Gasteiger partial charge is 0.152 e. The van der Waals surface area contributed by atoms with Crippen LogP contribution in [0.1, 0.15) is 21.7 Å². The minimum Gasteiger partial charge on any atom is -0.306 e. The van der Waals surface area contributed by atoms with Crippen LogP contribution in [0.5, 0.6) is 0 Å². The fourth-order valence-electron chi connectivity index (χ4n) is 1.32. The Labute approximate surface area is 85.3 Å². The van der Waals surface area contributed by atoms with E-state index in [1.807, 2.05) is 0 Å². The lowest BCUT2D eigenvalue weighted by Crippen LogP contribution is -1.96. The van der Waals surface area contributed by atoms with Crippen LogP contribution < -0.4 is 0 Å². The summed E-state index contributed by atoms with van der Waals surface area (Å²) in [5.41, 5.74) is 1.33. The van der Waals surface area contributed by atoms with Gasteiger partial charge in [0.25, 0.3) is 0 Å². The Hall–Kier alpha value is -0.190. The van der Waals surface area contributed by atoms with Gasteiger partial charge in [0.1, 0.15) is 0 Å². The molecule has 1 atom stereocenters. The van der Waals surface area contributed by atoms with Crippen LogP contribution >= 0.6 is 11.3 Å². The zero-order chi connectivity index (χ0) is 9.84. The first-order valence-electron chi connectivity index (χ1n) is 4.23. The van der Waals surface area contributed by atoms with Gasteiger partial charge in [-0.25, -0.2) is 4.21 Å². The van der Waals surface area contributed by atoms with Crippen LogP contribution in [-0.2, 0) is 17.5 Å².